The fraction of sp³-hybridized carbons (Fsp3) is 0.389. The van der Waals surface area contributed by atoms with Gasteiger partial charge in [0, 0.05) is 18.0 Å². The van der Waals surface area contributed by atoms with Gasteiger partial charge >= 0.3 is 0 Å². The van der Waals surface area contributed by atoms with Gasteiger partial charge in [0.05, 0.1) is 19.2 Å². The minimum atomic E-state index is -0.0202. The molecule has 0 aliphatic carbocycles. The molecule has 128 valence electrons. The van der Waals surface area contributed by atoms with Gasteiger partial charge in [0.1, 0.15) is 25.7 Å². The zero-order valence-corrected chi connectivity index (χ0v) is 13.6. The van der Waals surface area contributed by atoms with Crippen molar-refractivity contribution in [2.24, 2.45) is 0 Å². The highest BCUT2D eigenvalue weighted by molar-refractivity contribution is 5.92. The molecule has 4 rings (SSSR count). The Balaban J connectivity index is 1.72. The average molecular weight is 339 g/mol. The molecule has 2 aliphatic rings. The molecule has 2 bridgehead atoms. The van der Waals surface area contributed by atoms with E-state index in [1.165, 1.54) is 0 Å². The molecule has 1 saturated heterocycles. The molecule has 0 radical (unpaired) electrons. The number of benzene rings is 1. The fourth-order valence-electron chi connectivity index (χ4n) is 3.17. The van der Waals surface area contributed by atoms with Crippen LogP contribution in [-0.4, -0.2) is 48.4 Å². The number of pyridine rings is 1. The average Bonchev–Trinajstić information content (AvgIpc) is 2.98. The summed E-state index contributed by atoms with van der Waals surface area (Å²) < 4.78 is 17.2. The number of aromatic nitrogens is 1. The van der Waals surface area contributed by atoms with Gasteiger partial charge in [-0.05, 0) is 30.0 Å². The molecule has 1 amide bonds. The normalized spacial score (nSPS) is 20.7. The van der Waals surface area contributed by atoms with Crippen molar-refractivity contribution in [3.05, 3.63) is 35.8 Å². The van der Waals surface area contributed by atoms with Gasteiger partial charge in [-0.3, -0.25) is 4.79 Å². The van der Waals surface area contributed by atoms with Crippen molar-refractivity contribution in [1.82, 2.24) is 9.88 Å². The van der Waals surface area contributed by atoms with Crippen LogP contribution >= 0.6 is 0 Å². The molecule has 0 unspecified atom stereocenters. The summed E-state index contributed by atoms with van der Waals surface area (Å²) in [5.41, 5.74) is 0.440. The van der Waals surface area contributed by atoms with Crippen molar-refractivity contribution in [3.63, 3.8) is 0 Å². The van der Waals surface area contributed by atoms with Gasteiger partial charge in [0.15, 0.2) is 0 Å². The summed E-state index contributed by atoms with van der Waals surface area (Å²) in [4.78, 5) is 21.6. The lowest BCUT2D eigenvalue weighted by Gasteiger charge is -2.24. The van der Waals surface area contributed by atoms with E-state index in [4.69, 9.17) is 20.8 Å². The second-order valence-electron chi connectivity index (χ2n) is 6.02. The van der Waals surface area contributed by atoms with E-state index in [9.17, 15) is 4.79 Å². The van der Waals surface area contributed by atoms with Crippen LogP contribution in [0.15, 0.2) is 24.4 Å². The summed E-state index contributed by atoms with van der Waals surface area (Å²) >= 11 is 0. The molecule has 1 aromatic heterocycles. The maximum atomic E-state index is 12.0. The summed E-state index contributed by atoms with van der Waals surface area (Å²) in [6.45, 7) is 8.58. The molecule has 0 spiro atoms. The van der Waals surface area contributed by atoms with E-state index in [0.717, 1.165) is 17.2 Å². The number of ether oxygens (including phenoxy) is 3. The zero-order valence-electron chi connectivity index (χ0n) is 13.6. The molecular formula is C18H17N3O4. The maximum Gasteiger partial charge on any atom is 0.228 e. The zero-order chi connectivity index (χ0) is 17.2. The van der Waals surface area contributed by atoms with Crippen LogP contribution in [0.4, 0.5) is 5.69 Å². The van der Waals surface area contributed by atoms with Gasteiger partial charge in [0.2, 0.25) is 17.5 Å². The molecule has 7 heteroatoms. The third-order valence-corrected chi connectivity index (χ3v) is 4.51. The van der Waals surface area contributed by atoms with E-state index in [2.05, 4.69) is 9.83 Å². The smallest absolute Gasteiger partial charge is 0.228 e. The first-order chi connectivity index (χ1) is 12.3. The molecule has 0 N–H and O–H groups in total. The van der Waals surface area contributed by atoms with E-state index in [-0.39, 0.29) is 18.7 Å². The van der Waals surface area contributed by atoms with Gasteiger partial charge in [-0.25, -0.2) is 9.83 Å². The lowest BCUT2D eigenvalue weighted by Crippen LogP contribution is -2.39. The van der Waals surface area contributed by atoms with Gasteiger partial charge in [-0.15, -0.1) is 0 Å². The van der Waals surface area contributed by atoms with Gasteiger partial charge < -0.3 is 19.1 Å². The molecule has 3 heterocycles. The molecule has 2 aromatic rings. The quantitative estimate of drug-likeness (QED) is 0.690. The fourth-order valence-corrected chi connectivity index (χ4v) is 3.17. The Morgan fingerprint density at radius 3 is 3.08 bits per heavy atom. The third-order valence-electron chi connectivity index (χ3n) is 4.51. The summed E-state index contributed by atoms with van der Waals surface area (Å²) in [5, 5.41) is 1.66. The first kappa shape index (κ1) is 15.7. The van der Waals surface area contributed by atoms with Crippen LogP contribution < -0.4 is 9.47 Å². The second kappa shape index (κ2) is 6.57. The summed E-state index contributed by atoms with van der Waals surface area (Å²) in [5.74, 6) is 1.05. The van der Waals surface area contributed by atoms with Crippen LogP contribution in [0.2, 0.25) is 0 Å². The Morgan fingerprint density at radius 1 is 1.28 bits per heavy atom. The van der Waals surface area contributed by atoms with Gasteiger partial charge in [0.25, 0.3) is 0 Å². The SMILES string of the molecule is [C-]#[N+]c1cc2ccnc3c2cc1OCCOCN1C(=O)CC[C@H]1CO3. The highest BCUT2D eigenvalue weighted by atomic mass is 16.5. The largest absolute Gasteiger partial charge is 0.502 e. The lowest BCUT2D eigenvalue weighted by molar-refractivity contribution is -0.135. The van der Waals surface area contributed by atoms with Crippen molar-refractivity contribution in [2.75, 3.05) is 26.6 Å². The Morgan fingerprint density at radius 2 is 2.20 bits per heavy atom. The van der Waals surface area contributed by atoms with Gasteiger partial charge in [-0.2, -0.15) is 0 Å². The van der Waals surface area contributed by atoms with Gasteiger partial charge in [-0.1, -0.05) is 0 Å². The molecule has 2 aliphatic heterocycles. The number of nitrogens with zero attached hydrogens (tertiary/aromatic N) is 3. The number of amides is 1. The van der Waals surface area contributed by atoms with E-state index in [1.807, 2.05) is 6.07 Å². The second-order valence-corrected chi connectivity index (χ2v) is 6.02. The Kier molecular flexibility index (Phi) is 4.12. The molecule has 1 atom stereocenters. The van der Waals surface area contributed by atoms with E-state index in [0.29, 0.717) is 43.6 Å². The Hall–Kier alpha value is -2.85. The van der Waals surface area contributed by atoms with Crippen molar-refractivity contribution in [1.29, 1.82) is 0 Å². The summed E-state index contributed by atoms with van der Waals surface area (Å²) in [6.07, 6.45) is 2.91. The number of carbonyl (C=O) groups excluding carboxylic acids is 1. The minimum Gasteiger partial charge on any atom is -0.502 e. The standard InChI is InChI=1S/C18H17N3O4/c1-19-15-8-12-4-5-20-18-14(12)9-16(15)24-7-6-23-11-21-13(10-25-18)2-3-17(21)22/h4-5,8-9,13H,2-3,6-7,10-11H2/t13-/m0/s1. The minimum absolute atomic E-state index is 0.0202. The number of carbonyl (C=O) groups is 1. The van der Waals surface area contributed by atoms with Crippen LogP contribution in [0, 0.1) is 6.57 Å². The van der Waals surface area contributed by atoms with Crippen molar-refractivity contribution >= 4 is 22.4 Å². The lowest BCUT2D eigenvalue weighted by atomic mass is 10.1. The Bertz CT molecular complexity index is 861. The molecule has 0 saturated carbocycles. The first-order valence-electron chi connectivity index (χ1n) is 8.19. The number of fused-ring (bicyclic) bond motifs is 2. The van der Waals surface area contributed by atoms with E-state index >= 15 is 0 Å². The van der Waals surface area contributed by atoms with Crippen LogP contribution in [0.5, 0.6) is 11.6 Å². The third kappa shape index (κ3) is 2.96. The number of hydrogen-bond acceptors (Lipinski definition) is 5. The molecular weight excluding hydrogens is 322 g/mol. The summed E-state index contributed by atoms with van der Waals surface area (Å²) in [7, 11) is 0. The summed E-state index contributed by atoms with van der Waals surface area (Å²) in [6, 6.07) is 5.39. The predicted octanol–water partition coefficient (Wildman–Crippen LogP) is 2.52. The molecule has 7 nitrogen and oxygen atoms in total. The van der Waals surface area contributed by atoms with Crippen molar-refractivity contribution < 1.29 is 19.0 Å². The number of hydrogen-bond donors (Lipinski definition) is 0. The van der Waals surface area contributed by atoms with Crippen LogP contribution in [0.3, 0.4) is 0 Å². The molecule has 25 heavy (non-hydrogen) atoms. The van der Waals surface area contributed by atoms with Crippen LogP contribution in [0.1, 0.15) is 12.8 Å². The first-order valence-corrected chi connectivity index (χ1v) is 8.19. The Labute approximate surface area is 144 Å². The highest BCUT2D eigenvalue weighted by Gasteiger charge is 2.31. The van der Waals surface area contributed by atoms with Crippen molar-refractivity contribution in [3.8, 4) is 11.6 Å². The highest BCUT2D eigenvalue weighted by Crippen LogP contribution is 2.36. The molecule has 1 fully saturated rings. The topological polar surface area (TPSA) is 65.2 Å². The monoisotopic (exact) mass is 339 g/mol. The maximum absolute atomic E-state index is 12.0. The number of rotatable bonds is 0. The van der Waals surface area contributed by atoms with E-state index < -0.39 is 0 Å². The van der Waals surface area contributed by atoms with Crippen LogP contribution in [-0.2, 0) is 9.53 Å². The van der Waals surface area contributed by atoms with E-state index in [1.54, 1.807) is 23.2 Å². The van der Waals surface area contributed by atoms with Crippen LogP contribution in [0.25, 0.3) is 15.6 Å². The molecule has 1 aromatic carbocycles. The van der Waals surface area contributed by atoms with Crippen molar-refractivity contribution in [2.45, 2.75) is 18.9 Å². The predicted molar refractivity (Wildman–Crippen MR) is 89.7 cm³/mol.